The van der Waals surface area contributed by atoms with E-state index in [9.17, 15) is 9.59 Å². The molecule has 0 spiro atoms. The summed E-state index contributed by atoms with van der Waals surface area (Å²) in [5, 5.41) is 2.16. The van der Waals surface area contributed by atoms with Crippen molar-refractivity contribution in [2.75, 3.05) is 32.7 Å². The molecule has 0 bridgehead atoms. The number of thiophene rings is 1. The van der Waals surface area contributed by atoms with Crippen LogP contribution in [0.3, 0.4) is 0 Å². The summed E-state index contributed by atoms with van der Waals surface area (Å²) in [6, 6.07) is 14.3. The number of hydrogen-bond acceptors (Lipinski definition) is 5. The molecule has 7 heteroatoms. The minimum atomic E-state index is -0.111. The summed E-state index contributed by atoms with van der Waals surface area (Å²) in [5.41, 5.74) is 3.79. The Morgan fingerprint density at radius 1 is 1.09 bits per heavy atom. The Morgan fingerprint density at radius 3 is 2.64 bits per heavy atom. The number of furan rings is 1. The fraction of sp³-hybridized carbons (Fsp3) is 0.385. The second kappa shape index (κ2) is 9.15. The SMILES string of the molecule is Cc1ccc([C@H]2c3ccsc3CCN2CC(=O)N2CCN(C(=O)c3ccco3)[C@@H](C)C2)cc1. The third-order valence-electron chi connectivity index (χ3n) is 6.77. The summed E-state index contributed by atoms with van der Waals surface area (Å²) in [6.07, 6.45) is 2.49. The quantitative estimate of drug-likeness (QED) is 0.588. The van der Waals surface area contributed by atoms with Gasteiger partial charge in [0, 0.05) is 37.1 Å². The van der Waals surface area contributed by atoms with Crippen LogP contribution in [0.2, 0.25) is 0 Å². The summed E-state index contributed by atoms with van der Waals surface area (Å²) < 4.78 is 5.28. The lowest BCUT2D eigenvalue weighted by Crippen LogP contribution is -2.57. The number of carbonyl (C=O) groups excluding carboxylic acids is 2. The maximum absolute atomic E-state index is 13.4. The van der Waals surface area contributed by atoms with E-state index in [0.717, 1.165) is 13.0 Å². The Hall–Kier alpha value is -2.90. The van der Waals surface area contributed by atoms with E-state index >= 15 is 0 Å². The van der Waals surface area contributed by atoms with Gasteiger partial charge in [0.25, 0.3) is 5.91 Å². The van der Waals surface area contributed by atoms with Crippen molar-refractivity contribution in [2.24, 2.45) is 0 Å². The molecule has 2 aliphatic heterocycles. The van der Waals surface area contributed by atoms with Crippen molar-refractivity contribution in [1.82, 2.24) is 14.7 Å². The average Bonchev–Trinajstić information content (AvgIpc) is 3.51. The molecule has 0 N–H and O–H groups in total. The van der Waals surface area contributed by atoms with Crippen LogP contribution in [0.25, 0.3) is 0 Å². The fourth-order valence-electron chi connectivity index (χ4n) is 4.98. The van der Waals surface area contributed by atoms with Crippen molar-refractivity contribution >= 4 is 23.2 Å². The number of amides is 2. The smallest absolute Gasteiger partial charge is 0.289 e. The van der Waals surface area contributed by atoms with Crippen molar-refractivity contribution < 1.29 is 14.0 Å². The van der Waals surface area contributed by atoms with E-state index in [4.69, 9.17) is 4.42 Å². The van der Waals surface area contributed by atoms with Crippen LogP contribution >= 0.6 is 11.3 Å². The summed E-state index contributed by atoms with van der Waals surface area (Å²) in [5.74, 6) is 0.366. The van der Waals surface area contributed by atoms with Gasteiger partial charge in [-0.3, -0.25) is 14.5 Å². The molecule has 5 rings (SSSR count). The van der Waals surface area contributed by atoms with Crippen LogP contribution in [-0.4, -0.2) is 65.3 Å². The summed E-state index contributed by atoms with van der Waals surface area (Å²) in [7, 11) is 0. The van der Waals surface area contributed by atoms with E-state index in [-0.39, 0.29) is 23.9 Å². The molecule has 2 amide bonds. The lowest BCUT2D eigenvalue weighted by atomic mass is 9.92. The lowest BCUT2D eigenvalue weighted by Gasteiger charge is -2.41. The average molecular weight is 464 g/mol. The van der Waals surface area contributed by atoms with Crippen LogP contribution in [0.15, 0.2) is 58.5 Å². The third kappa shape index (κ3) is 4.35. The normalized spacial score (nSPS) is 21.2. The minimum Gasteiger partial charge on any atom is -0.459 e. The predicted molar refractivity (Wildman–Crippen MR) is 128 cm³/mol. The van der Waals surface area contributed by atoms with E-state index < -0.39 is 0 Å². The van der Waals surface area contributed by atoms with E-state index in [1.807, 2.05) is 23.2 Å². The van der Waals surface area contributed by atoms with Gasteiger partial charge in [0.05, 0.1) is 18.8 Å². The highest BCUT2D eigenvalue weighted by molar-refractivity contribution is 7.10. The van der Waals surface area contributed by atoms with E-state index in [2.05, 4.69) is 47.5 Å². The largest absolute Gasteiger partial charge is 0.459 e. The van der Waals surface area contributed by atoms with E-state index in [0.29, 0.717) is 31.9 Å². The van der Waals surface area contributed by atoms with Gasteiger partial charge in [-0.15, -0.1) is 11.3 Å². The number of rotatable bonds is 4. The molecule has 1 fully saturated rings. The van der Waals surface area contributed by atoms with Gasteiger partial charge in [-0.2, -0.15) is 0 Å². The minimum absolute atomic E-state index is 0.0574. The molecule has 0 radical (unpaired) electrons. The first-order valence-corrected chi connectivity index (χ1v) is 12.4. The number of aryl methyl sites for hydroxylation is 1. The van der Waals surface area contributed by atoms with Crippen molar-refractivity contribution in [1.29, 1.82) is 0 Å². The molecule has 172 valence electrons. The van der Waals surface area contributed by atoms with Crippen molar-refractivity contribution in [3.8, 4) is 0 Å². The molecule has 1 saturated heterocycles. The number of nitrogens with zero attached hydrogens (tertiary/aromatic N) is 3. The van der Waals surface area contributed by atoms with E-state index in [1.54, 1.807) is 17.0 Å². The standard InChI is InChI=1S/C26H29N3O3S/c1-18-5-7-20(8-6-18)25-21-10-15-33-23(21)9-11-28(25)17-24(30)27-12-13-29(19(2)16-27)26(31)22-4-3-14-32-22/h3-8,10,14-15,19,25H,9,11-13,16-17H2,1-2H3/t19-,25-/m0/s1. The molecular weight excluding hydrogens is 434 g/mol. The molecule has 3 aromatic rings. The van der Waals surface area contributed by atoms with Crippen LogP contribution in [0.5, 0.6) is 0 Å². The zero-order chi connectivity index (χ0) is 22.9. The molecule has 4 heterocycles. The molecule has 1 aromatic carbocycles. The second-order valence-electron chi connectivity index (χ2n) is 9.00. The zero-order valence-electron chi connectivity index (χ0n) is 19.1. The van der Waals surface area contributed by atoms with Crippen LogP contribution < -0.4 is 0 Å². The van der Waals surface area contributed by atoms with Gasteiger partial charge in [-0.25, -0.2) is 0 Å². The van der Waals surface area contributed by atoms with Crippen molar-refractivity contribution in [2.45, 2.75) is 32.4 Å². The Labute approximate surface area is 198 Å². The molecule has 0 aliphatic carbocycles. The Bertz CT molecular complexity index is 1120. The number of piperazine rings is 1. The Kier molecular flexibility index (Phi) is 6.08. The van der Waals surface area contributed by atoms with Gasteiger partial charge in [-0.05, 0) is 55.0 Å². The molecule has 6 nitrogen and oxygen atoms in total. The van der Waals surface area contributed by atoms with Gasteiger partial charge < -0.3 is 14.2 Å². The lowest BCUT2D eigenvalue weighted by molar-refractivity contribution is -0.135. The highest BCUT2D eigenvalue weighted by atomic mass is 32.1. The molecule has 0 saturated carbocycles. The van der Waals surface area contributed by atoms with Crippen molar-refractivity contribution in [3.05, 3.63) is 81.4 Å². The van der Waals surface area contributed by atoms with Crippen LogP contribution in [-0.2, 0) is 11.2 Å². The first-order chi connectivity index (χ1) is 16.0. The maximum Gasteiger partial charge on any atom is 0.289 e. The second-order valence-corrected chi connectivity index (χ2v) is 10.00. The third-order valence-corrected chi connectivity index (χ3v) is 7.77. The molecule has 2 atom stereocenters. The summed E-state index contributed by atoms with van der Waals surface area (Å²) >= 11 is 1.81. The van der Waals surface area contributed by atoms with Crippen molar-refractivity contribution in [3.63, 3.8) is 0 Å². The van der Waals surface area contributed by atoms with Crippen LogP contribution in [0, 0.1) is 6.92 Å². The predicted octanol–water partition coefficient (Wildman–Crippen LogP) is 3.97. The highest BCUT2D eigenvalue weighted by Gasteiger charge is 2.35. The first-order valence-electron chi connectivity index (χ1n) is 11.5. The van der Waals surface area contributed by atoms with Gasteiger partial charge in [-0.1, -0.05) is 29.8 Å². The monoisotopic (exact) mass is 463 g/mol. The van der Waals surface area contributed by atoms with Crippen LogP contribution in [0.1, 0.15) is 45.1 Å². The van der Waals surface area contributed by atoms with Crippen LogP contribution in [0.4, 0.5) is 0 Å². The molecule has 2 aliphatic rings. The molecule has 0 unspecified atom stereocenters. The summed E-state index contributed by atoms with van der Waals surface area (Å²) in [6.45, 7) is 6.94. The topological polar surface area (TPSA) is 57.0 Å². The highest BCUT2D eigenvalue weighted by Crippen LogP contribution is 2.37. The molecular formula is C26H29N3O3S. The van der Waals surface area contributed by atoms with E-state index in [1.165, 1.54) is 27.8 Å². The van der Waals surface area contributed by atoms with Gasteiger partial charge in [0.1, 0.15) is 0 Å². The first kappa shape index (κ1) is 21.9. The fourth-order valence-corrected chi connectivity index (χ4v) is 5.88. The van der Waals surface area contributed by atoms with Gasteiger partial charge >= 0.3 is 0 Å². The maximum atomic E-state index is 13.4. The zero-order valence-corrected chi connectivity index (χ0v) is 19.9. The molecule has 2 aromatic heterocycles. The Morgan fingerprint density at radius 2 is 1.91 bits per heavy atom. The van der Waals surface area contributed by atoms with Gasteiger partial charge in [0.2, 0.25) is 5.91 Å². The number of carbonyl (C=O) groups is 2. The van der Waals surface area contributed by atoms with Gasteiger partial charge in [0.15, 0.2) is 5.76 Å². The number of fused-ring (bicyclic) bond motifs is 1. The number of hydrogen-bond donors (Lipinski definition) is 0. The summed E-state index contributed by atoms with van der Waals surface area (Å²) in [4.78, 5) is 33.5. The Balaban J connectivity index is 1.29. The number of benzene rings is 1. The molecule has 33 heavy (non-hydrogen) atoms.